The molecule has 0 saturated carbocycles. The lowest BCUT2D eigenvalue weighted by atomic mass is 10.2. The largest absolute Gasteiger partial charge is 0.376 e. The van der Waals surface area contributed by atoms with Crippen molar-refractivity contribution in [2.24, 2.45) is 5.92 Å². The van der Waals surface area contributed by atoms with Gasteiger partial charge in [0.05, 0.1) is 16.8 Å². The van der Waals surface area contributed by atoms with Crippen LogP contribution in [-0.4, -0.2) is 48.3 Å². The Morgan fingerprint density at radius 3 is 2.91 bits per heavy atom. The molecule has 0 aliphatic carbocycles. The van der Waals surface area contributed by atoms with Crippen LogP contribution in [0.4, 0.5) is 4.79 Å². The number of likely N-dealkylation sites (tertiary alicyclic amines) is 1. The lowest BCUT2D eigenvalue weighted by Gasteiger charge is -2.18. The topological polar surface area (TPSA) is 54.5 Å². The number of aryl methyl sites for hydroxylation is 2. The maximum atomic E-state index is 12.2. The van der Waals surface area contributed by atoms with Crippen LogP contribution >= 0.6 is 11.3 Å². The monoisotopic (exact) mass is 325 g/mol. The van der Waals surface area contributed by atoms with Crippen molar-refractivity contribution >= 4 is 17.4 Å². The van der Waals surface area contributed by atoms with Crippen molar-refractivity contribution in [1.29, 1.82) is 0 Å². The molecule has 5 nitrogen and oxygen atoms in total. The Morgan fingerprint density at radius 2 is 2.27 bits per heavy atom. The molecular weight excluding hydrogens is 298 g/mol. The van der Waals surface area contributed by atoms with Gasteiger partial charge in [0.2, 0.25) is 0 Å². The van der Waals surface area contributed by atoms with Gasteiger partial charge in [-0.2, -0.15) is 0 Å². The first-order valence-electron chi connectivity index (χ1n) is 8.03. The Bertz CT molecular complexity index is 502. The summed E-state index contributed by atoms with van der Waals surface area (Å²) in [4.78, 5) is 19.7. The highest BCUT2D eigenvalue weighted by atomic mass is 32.1. The minimum Gasteiger partial charge on any atom is -0.376 e. The van der Waals surface area contributed by atoms with E-state index in [1.54, 1.807) is 11.3 Å². The number of urea groups is 1. The molecule has 1 fully saturated rings. The Hall–Kier alpha value is -1.14. The number of thiazole rings is 1. The summed E-state index contributed by atoms with van der Waals surface area (Å²) in [6.45, 7) is 11.2. The number of nitrogens with one attached hydrogen (secondary N) is 1. The highest BCUT2D eigenvalue weighted by Gasteiger charge is 2.26. The number of aromatic nitrogens is 1. The summed E-state index contributed by atoms with van der Waals surface area (Å²) in [6, 6.07) is 0.0227. The first-order chi connectivity index (χ1) is 10.5. The van der Waals surface area contributed by atoms with Crippen molar-refractivity contribution in [3.63, 3.8) is 0 Å². The van der Waals surface area contributed by atoms with Crippen molar-refractivity contribution in [2.75, 3.05) is 26.2 Å². The van der Waals surface area contributed by atoms with E-state index in [4.69, 9.17) is 4.74 Å². The number of nitrogens with zero attached hydrogens (tertiary/aromatic N) is 2. The summed E-state index contributed by atoms with van der Waals surface area (Å²) < 4.78 is 5.81. The maximum absolute atomic E-state index is 12.2. The fraction of sp³-hybridized carbons (Fsp3) is 0.750. The average Bonchev–Trinajstić information content (AvgIpc) is 3.03. The summed E-state index contributed by atoms with van der Waals surface area (Å²) in [5.41, 5.74) is 1.08. The molecule has 1 aromatic rings. The third kappa shape index (κ3) is 4.95. The average molecular weight is 325 g/mol. The van der Waals surface area contributed by atoms with Crippen LogP contribution in [0.3, 0.4) is 0 Å². The zero-order valence-electron chi connectivity index (χ0n) is 14.0. The first-order valence-corrected chi connectivity index (χ1v) is 8.84. The quantitative estimate of drug-likeness (QED) is 0.875. The minimum absolute atomic E-state index is 0.0227. The highest BCUT2D eigenvalue weighted by molar-refractivity contribution is 7.11. The summed E-state index contributed by atoms with van der Waals surface area (Å²) >= 11 is 1.71. The molecule has 1 aliphatic rings. The summed E-state index contributed by atoms with van der Waals surface area (Å²) in [5.74, 6) is 0.536. The molecule has 1 saturated heterocycles. The van der Waals surface area contributed by atoms with Gasteiger partial charge in [0, 0.05) is 37.5 Å². The molecule has 124 valence electrons. The van der Waals surface area contributed by atoms with Gasteiger partial charge in [0.1, 0.15) is 0 Å². The van der Waals surface area contributed by atoms with E-state index in [-0.39, 0.29) is 12.1 Å². The Morgan fingerprint density at radius 1 is 1.50 bits per heavy atom. The molecule has 2 rings (SSSR count). The third-order valence-electron chi connectivity index (χ3n) is 3.73. The van der Waals surface area contributed by atoms with Gasteiger partial charge in [-0.25, -0.2) is 9.78 Å². The second-order valence-corrected chi connectivity index (χ2v) is 7.60. The number of ether oxygens (including phenoxy) is 1. The van der Waals surface area contributed by atoms with Gasteiger partial charge in [-0.1, -0.05) is 13.8 Å². The summed E-state index contributed by atoms with van der Waals surface area (Å²) in [6.07, 6.45) is 1.98. The van der Waals surface area contributed by atoms with E-state index < -0.39 is 0 Å². The molecule has 6 heteroatoms. The molecule has 1 N–H and O–H groups in total. The Kier molecular flexibility index (Phi) is 6.20. The Labute approximate surface area is 137 Å². The van der Waals surface area contributed by atoms with Gasteiger partial charge in [0.15, 0.2) is 0 Å². The van der Waals surface area contributed by atoms with Crippen molar-refractivity contribution in [3.8, 4) is 0 Å². The fourth-order valence-electron chi connectivity index (χ4n) is 2.58. The molecule has 2 amide bonds. The lowest BCUT2D eigenvalue weighted by molar-refractivity contribution is 0.0436. The van der Waals surface area contributed by atoms with Gasteiger partial charge in [-0.15, -0.1) is 11.3 Å². The fourth-order valence-corrected chi connectivity index (χ4v) is 3.51. The molecule has 0 spiro atoms. The van der Waals surface area contributed by atoms with Gasteiger partial charge in [-0.3, -0.25) is 0 Å². The zero-order valence-corrected chi connectivity index (χ0v) is 14.8. The predicted octanol–water partition coefficient (Wildman–Crippen LogP) is 2.76. The molecule has 0 unspecified atom stereocenters. The second kappa shape index (κ2) is 7.92. The van der Waals surface area contributed by atoms with Crippen LogP contribution < -0.4 is 5.32 Å². The van der Waals surface area contributed by atoms with Crippen LogP contribution in [0.15, 0.2) is 0 Å². The SMILES string of the molecule is Cc1nc(C)c(CCNC(=O)N2CC[C@H](OCC(C)C)C2)s1. The molecule has 22 heavy (non-hydrogen) atoms. The van der Waals surface area contributed by atoms with Crippen molar-refractivity contribution in [1.82, 2.24) is 15.2 Å². The highest BCUT2D eigenvalue weighted by Crippen LogP contribution is 2.17. The molecule has 2 heterocycles. The molecule has 1 atom stereocenters. The molecule has 1 aromatic heterocycles. The van der Waals surface area contributed by atoms with Crippen molar-refractivity contribution < 1.29 is 9.53 Å². The van der Waals surface area contributed by atoms with Crippen molar-refractivity contribution in [2.45, 2.75) is 46.6 Å². The Balaban J connectivity index is 1.68. The lowest BCUT2D eigenvalue weighted by Crippen LogP contribution is -2.40. The number of amides is 2. The van der Waals surface area contributed by atoms with Crippen LogP contribution in [-0.2, 0) is 11.2 Å². The van der Waals surface area contributed by atoms with Crippen LogP contribution in [0.2, 0.25) is 0 Å². The van der Waals surface area contributed by atoms with E-state index in [1.807, 2.05) is 18.7 Å². The van der Waals surface area contributed by atoms with Crippen LogP contribution in [0.5, 0.6) is 0 Å². The minimum atomic E-state index is 0.0227. The van der Waals surface area contributed by atoms with E-state index in [9.17, 15) is 4.79 Å². The summed E-state index contributed by atoms with van der Waals surface area (Å²) in [5, 5.41) is 4.09. The van der Waals surface area contributed by atoms with E-state index in [0.29, 0.717) is 19.0 Å². The zero-order chi connectivity index (χ0) is 16.1. The van der Waals surface area contributed by atoms with Crippen LogP contribution in [0, 0.1) is 19.8 Å². The summed E-state index contributed by atoms with van der Waals surface area (Å²) in [7, 11) is 0. The number of carbonyl (C=O) groups excluding carboxylic acids is 1. The third-order valence-corrected chi connectivity index (χ3v) is 4.86. The maximum Gasteiger partial charge on any atom is 0.317 e. The van der Waals surface area contributed by atoms with Crippen molar-refractivity contribution in [3.05, 3.63) is 15.6 Å². The van der Waals surface area contributed by atoms with E-state index in [1.165, 1.54) is 4.88 Å². The normalized spacial score (nSPS) is 18.2. The molecule has 0 radical (unpaired) electrons. The predicted molar refractivity (Wildman–Crippen MR) is 89.5 cm³/mol. The molecular formula is C16H27N3O2S. The van der Waals surface area contributed by atoms with Gasteiger partial charge >= 0.3 is 6.03 Å². The molecule has 1 aliphatic heterocycles. The number of rotatable bonds is 6. The molecule has 0 bridgehead atoms. The first kappa shape index (κ1) is 17.2. The van der Waals surface area contributed by atoms with Crippen LogP contribution in [0.25, 0.3) is 0 Å². The smallest absolute Gasteiger partial charge is 0.317 e. The van der Waals surface area contributed by atoms with E-state index in [0.717, 1.165) is 36.7 Å². The van der Waals surface area contributed by atoms with E-state index in [2.05, 4.69) is 24.1 Å². The number of carbonyl (C=O) groups is 1. The second-order valence-electron chi connectivity index (χ2n) is 6.31. The standard InChI is InChI=1S/C16H27N3O2S/c1-11(2)10-21-14-6-8-19(9-14)16(20)17-7-5-15-12(3)18-13(4)22-15/h11,14H,5-10H2,1-4H3,(H,17,20)/t14-/m0/s1. The van der Waals surface area contributed by atoms with Gasteiger partial charge in [-0.05, 0) is 26.2 Å². The number of hydrogen-bond acceptors (Lipinski definition) is 4. The van der Waals surface area contributed by atoms with Gasteiger partial charge < -0.3 is 15.0 Å². The number of hydrogen-bond donors (Lipinski definition) is 1. The van der Waals surface area contributed by atoms with Gasteiger partial charge in [0.25, 0.3) is 0 Å². The molecule has 0 aromatic carbocycles. The van der Waals surface area contributed by atoms with E-state index >= 15 is 0 Å². The van der Waals surface area contributed by atoms with Crippen LogP contribution in [0.1, 0.15) is 35.8 Å².